The van der Waals surface area contributed by atoms with Gasteiger partial charge in [-0.1, -0.05) is 72.3 Å². The van der Waals surface area contributed by atoms with Crippen molar-refractivity contribution in [1.82, 2.24) is 9.66 Å². The van der Waals surface area contributed by atoms with Crippen LogP contribution in [-0.4, -0.2) is 15.9 Å². The van der Waals surface area contributed by atoms with Gasteiger partial charge in [0.2, 0.25) is 5.82 Å². The maximum absolute atomic E-state index is 13.5. The summed E-state index contributed by atoms with van der Waals surface area (Å²) in [7, 11) is 0. The van der Waals surface area contributed by atoms with Crippen molar-refractivity contribution in [3.8, 4) is 17.3 Å². The molecule has 0 radical (unpaired) electrons. The first-order valence-corrected chi connectivity index (χ1v) is 12.0. The molecule has 4 aromatic carbocycles. The Balaban J connectivity index is 1.37. The van der Waals surface area contributed by atoms with E-state index in [0.717, 1.165) is 16.5 Å². The fourth-order valence-corrected chi connectivity index (χ4v) is 4.26. The van der Waals surface area contributed by atoms with Crippen molar-refractivity contribution in [2.24, 2.45) is 5.10 Å². The van der Waals surface area contributed by atoms with Gasteiger partial charge in [-0.25, -0.2) is 4.98 Å². The number of aryl methyl sites for hydroxylation is 1. The lowest BCUT2D eigenvalue weighted by Crippen LogP contribution is -2.20. The third kappa shape index (κ3) is 4.65. The van der Waals surface area contributed by atoms with Crippen LogP contribution in [0.3, 0.4) is 0 Å². The third-order valence-electron chi connectivity index (χ3n) is 6.07. The number of benzene rings is 4. The molecule has 37 heavy (non-hydrogen) atoms. The van der Waals surface area contributed by atoms with Crippen molar-refractivity contribution in [2.45, 2.75) is 13.5 Å². The molecule has 0 bridgehead atoms. The lowest BCUT2D eigenvalue weighted by atomic mass is 10.1. The standard InChI is InChI=1S/C31H23N3O3/c1-21-8-6-10-23(16-21)20-36-25-12-7-9-22(17-25)19-32-34-30(29-18-24-11-2-5-15-28(24)37-29)33-27-14-4-3-13-26(27)31(34)35/h2-19H,20H2,1H3. The molecule has 6 heteroatoms. The first-order chi connectivity index (χ1) is 18.1. The van der Waals surface area contributed by atoms with Crippen molar-refractivity contribution >= 4 is 28.1 Å². The Morgan fingerprint density at radius 2 is 1.76 bits per heavy atom. The van der Waals surface area contributed by atoms with Gasteiger partial charge in [-0.2, -0.15) is 9.78 Å². The molecule has 6 rings (SSSR count). The van der Waals surface area contributed by atoms with Gasteiger partial charge in [-0.15, -0.1) is 0 Å². The normalized spacial score (nSPS) is 11.5. The topological polar surface area (TPSA) is 69.6 Å². The van der Waals surface area contributed by atoms with Crippen LogP contribution in [0.4, 0.5) is 0 Å². The molecular formula is C31H23N3O3. The SMILES string of the molecule is Cc1cccc(COc2cccc(C=Nn3c(-c4cc5ccccc5o4)nc4ccccc4c3=O)c2)c1. The molecule has 0 N–H and O–H groups in total. The van der Waals surface area contributed by atoms with E-state index in [-0.39, 0.29) is 5.56 Å². The molecule has 2 aromatic heterocycles. The lowest BCUT2D eigenvalue weighted by molar-refractivity contribution is 0.306. The summed E-state index contributed by atoms with van der Waals surface area (Å²) in [6, 6.07) is 32.6. The molecule has 6 aromatic rings. The fraction of sp³-hybridized carbons (Fsp3) is 0.0645. The van der Waals surface area contributed by atoms with Crippen molar-refractivity contribution in [3.05, 3.63) is 130 Å². The second kappa shape index (κ2) is 9.59. The largest absolute Gasteiger partial charge is 0.489 e. The second-order valence-corrected chi connectivity index (χ2v) is 8.81. The highest BCUT2D eigenvalue weighted by molar-refractivity contribution is 5.84. The summed E-state index contributed by atoms with van der Waals surface area (Å²) in [6.45, 7) is 2.52. The minimum absolute atomic E-state index is 0.274. The molecule has 0 atom stereocenters. The van der Waals surface area contributed by atoms with Gasteiger partial charge in [0.15, 0.2) is 5.76 Å². The monoisotopic (exact) mass is 485 g/mol. The zero-order valence-corrected chi connectivity index (χ0v) is 20.2. The average molecular weight is 486 g/mol. The van der Waals surface area contributed by atoms with E-state index in [1.54, 1.807) is 12.3 Å². The van der Waals surface area contributed by atoms with Crippen molar-refractivity contribution in [2.75, 3.05) is 0 Å². The van der Waals surface area contributed by atoms with Gasteiger partial charge in [-0.05, 0) is 54.4 Å². The highest BCUT2D eigenvalue weighted by atomic mass is 16.5. The van der Waals surface area contributed by atoms with E-state index in [4.69, 9.17) is 14.1 Å². The predicted octanol–water partition coefficient (Wildman–Crippen LogP) is 6.58. The number of ether oxygens (including phenoxy) is 1. The van der Waals surface area contributed by atoms with Gasteiger partial charge in [0.25, 0.3) is 5.56 Å². The Kier molecular flexibility index (Phi) is 5.83. The zero-order valence-electron chi connectivity index (χ0n) is 20.2. The molecule has 0 saturated carbocycles. The highest BCUT2D eigenvalue weighted by Gasteiger charge is 2.16. The van der Waals surface area contributed by atoms with Gasteiger partial charge in [0, 0.05) is 5.39 Å². The molecule has 180 valence electrons. The minimum Gasteiger partial charge on any atom is -0.489 e. The van der Waals surface area contributed by atoms with E-state index >= 15 is 0 Å². The van der Waals surface area contributed by atoms with E-state index in [1.165, 1.54) is 10.2 Å². The number of nitrogens with zero attached hydrogens (tertiary/aromatic N) is 3. The van der Waals surface area contributed by atoms with E-state index < -0.39 is 0 Å². The van der Waals surface area contributed by atoms with Crippen LogP contribution in [0, 0.1) is 6.92 Å². The van der Waals surface area contributed by atoms with Gasteiger partial charge in [0.05, 0.1) is 17.1 Å². The van der Waals surface area contributed by atoms with Crippen LogP contribution in [0.2, 0.25) is 0 Å². The van der Waals surface area contributed by atoms with Gasteiger partial charge in [-0.3, -0.25) is 4.79 Å². The Bertz CT molecular complexity index is 1800. The number of hydrogen-bond acceptors (Lipinski definition) is 5. The van der Waals surface area contributed by atoms with E-state index in [2.05, 4.69) is 24.2 Å². The summed E-state index contributed by atoms with van der Waals surface area (Å²) in [6.07, 6.45) is 1.63. The van der Waals surface area contributed by atoms with Crippen LogP contribution < -0.4 is 10.3 Å². The van der Waals surface area contributed by atoms with Gasteiger partial charge < -0.3 is 9.15 Å². The molecular weight excluding hydrogens is 462 g/mol. The van der Waals surface area contributed by atoms with Crippen molar-refractivity contribution in [3.63, 3.8) is 0 Å². The summed E-state index contributed by atoms with van der Waals surface area (Å²) in [5.41, 5.74) is 4.11. The molecule has 6 nitrogen and oxygen atoms in total. The zero-order chi connectivity index (χ0) is 25.2. The Hall–Kier alpha value is -4.97. The maximum atomic E-state index is 13.5. The number of aromatic nitrogens is 2. The molecule has 0 spiro atoms. The number of hydrogen-bond donors (Lipinski definition) is 0. The third-order valence-corrected chi connectivity index (χ3v) is 6.07. The van der Waals surface area contributed by atoms with E-state index in [9.17, 15) is 4.79 Å². The summed E-state index contributed by atoms with van der Waals surface area (Å²) < 4.78 is 13.3. The van der Waals surface area contributed by atoms with Gasteiger partial charge in [0.1, 0.15) is 17.9 Å². The van der Waals surface area contributed by atoms with Crippen molar-refractivity contribution in [1.29, 1.82) is 0 Å². The number of fused-ring (bicyclic) bond motifs is 2. The quantitative estimate of drug-likeness (QED) is 0.250. The van der Waals surface area contributed by atoms with Crippen molar-refractivity contribution < 1.29 is 9.15 Å². The molecule has 0 unspecified atom stereocenters. The highest BCUT2D eigenvalue weighted by Crippen LogP contribution is 2.27. The Labute approximate surface area is 213 Å². The number of rotatable bonds is 6. The van der Waals surface area contributed by atoms with Crippen LogP contribution in [0.25, 0.3) is 33.5 Å². The van der Waals surface area contributed by atoms with E-state index in [1.807, 2.05) is 84.9 Å². The molecule has 0 aliphatic rings. The first-order valence-electron chi connectivity index (χ1n) is 12.0. The average Bonchev–Trinajstić information content (AvgIpc) is 3.36. The molecule has 0 saturated heterocycles. The van der Waals surface area contributed by atoms with Crippen LogP contribution in [0.1, 0.15) is 16.7 Å². The minimum atomic E-state index is -0.274. The first kappa shape index (κ1) is 22.5. The van der Waals surface area contributed by atoms with E-state index in [0.29, 0.717) is 40.4 Å². The molecule has 0 amide bonds. The smallest absolute Gasteiger partial charge is 0.282 e. The Morgan fingerprint density at radius 3 is 2.65 bits per heavy atom. The molecule has 0 aliphatic carbocycles. The molecule has 0 aliphatic heterocycles. The fourth-order valence-electron chi connectivity index (χ4n) is 4.26. The van der Waals surface area contributed by atoms with Crippen LogP contribution >= 0.6 is 0 Å². The molecule has 0 fully saturated rings. The summed E-state index contributed by atoms with van der Waals surface area (Å²) in [4.78, 5) is 18.2. The Morgan fingerprint density at radius 1 is 0.919 bits per heavy atom. The summed E-state index contributed by atoms with van der Waals surface area (Å²) in [5, 5.41) is 5.95. The molecule has 2 heterocycles. The number of para-hydroxylation sites is 2. The second-order valence-electron chi connectivity index (χ2n) is 8.81. The van der Waals surface area contributed by atoms with Crippen LogP contribution in [-0.2, 0) is 6.61 Å². The van der Waals surface area contributed by atoms with Crippen LogP contribution in [0.5, 0.6) is 5.75 Å². The summed E-state index contributed by atoms with van der Waals surface area (Å²) >= 11 is 0. The number of furan rings is 1. The van der Waals surface area contributed by atoms with Gasteiger partial charge >= 0.3 is 0 Å². The van der Waals surface area contributed by atoms with Crippen LogP contribution in [0.15, 0.2) is 117 Å². The lowest BCUT2D eigenvalue weighted by Gasteiger charge is -2.08. The predicted molar refractivity (Wildman–Crippen MR) is 146 cm³/mol. The summed E-state index contributed by atoms with van der Waals surface area (Å²) in [5.74, 6) is 1.52. The maximum Gasteiger partial charge on any atom is 0.282 e.